The molecule has 0 spiro atoms. The fraction of sp³-hybridized carbons (Fsp3) is 0.364. The highest BCUT2D eigenvalue weighted by atomic mass is 35.5. The minimum Gasteiger partial charge on any atom is -0.353 e. The van der Waals surface area contributed by atoms with Gasteiger partial charge in [0.15, 0.2) is 0 Å². The van der Waals surface area contributed by atoms with Crippen LogP contribution in [-0.4, -0.2) is 26.8 Å². The smallest absolute Gasteiger partial charge is 0.242 e. The van der Waals surface area contributed by atoms with Gasteiger partial charge in [-0.2, -0.15) is 0 Å². The van der Waals surface area contributed by atoms with Gasteiger partial charge in [-0.05, 0) is 29.3 Å². The second-order valence-electron chi connectivity index (χ2n) is 3.49. The lowest BCUT2D eigenvalue weighted by Gasteiger charge is -2.04. The minimum absolute atomic E-state index is 0. The Morgan fingerprint density at radius 2 is 2.00 bits per heavy atom. The molecule has 0 amide bonds. The molecular weight excluding hydrogens is 238 g/mol. The van der Waals surface area contributed by atoms with Crippen LogP contribution in [0, 0.1) is 0 Å². The number of benzene rings is 1. The lowest BCUT2D eigenvalue weighted by molar-refractivity contribution is 0.593. The number of hydrogen-bond acceptors (Lipinski definition) is 4. The van der Waals surface area contributed by atoms with E-state index in [-0.39, 0.29) is 12.4 Å². The number of tetrazole rings is 1. The summed E-state index contributed by atoms with van der Waals surface area (Å²) in [5, 5.41) is 14.6. The van der Waals surface area contributed by atoms with E-state index >= 15 is 0 Å². The van der Waals surface area contributed by atoms with Crippen molar-refractivity contribution >= 4 is 18.4 Å². The van der Waals surface area contributed by atoms with E-state index in [1.165, 1.54) is 5.56 Å². The Bertz CT molecular complexity index is 428. The maximum atomic E-state index is 3.94. The van der Waals surface area contributed by atoms with Crippen molar-refractivity contribution in [2.75, 3.05) is 11.9 Å². The summed E-state index contributed by atoms with van der Waals surface area (Å²) in [6.45, 7) is 3.64. The highest BCUT2D eigenvalue weighted by Gasteiger charge is 2.03. The third kappa shape index (κ3) is 3.71. The Kier molecular flexibility index (Phi) is 5.42. The number of hydrogen-bond donors (Lipinski definition) is 1. The zero-order chi connectivity index (χ0) is 11.2. The maximum absolute atomic E-state index is 3.94. The molecule has 0 radical (unpaired) electrons. The van der Waals surface area contributed by atoms with Crippen LogP contribution in [0.5, 0.6) is 0 Å². The van der Waals surface area contributed by atoms with Gasteiger partial charge < -0.3 is 5.32 Å². The first kappa shape index (κ1) is 13.4. The Balaban J connectivity index is 0.00000144. The first-order valence-electron chi connectivity index (χ1n) is 5.44. The first-order valence-corrected chi connectivity index (χ1v) is 5.44. The first-order chi connectivity index (χ1) is 7.90. The highest BCUT2D eigenvalue weighted by Crippen LogP contribution is 2.04. The second-order valence-corrected chi connectivity index (χ2v) is 3.49. The van der Waals surface area contributed by atoms with Crippen LogP contribution in [0.15, 0.2) is 30.3 Å². The molecule has 0 aliphatic rings. The molecule has 6 heteroatoms. The van der Waals surface area contributed by atoms with E-state index in [2.05, 4.69) is 33.0 Å². The van der Waals surface area contributed by atoms with Crippen LogP contribution >= 0.6 is 12.4 Å². The monoisotopic (exact) mass is 253 g/mol. The lowest BCUT2D eigenvalue weighted by Crippen LogP contribution is -2.10. The van der Waals surface area contributed by atoms with Crippen molar-refractivity contribution in [1.29, 1.82) is 0 Å². The Labute approximate surface area is 107 Å². The van der Waals surface area contributed by atoms with Gasteiger partial charge >= 0.3 is 0 Å². The molecule has 0 bridgehead atoms. The summed E-state index contributed by atoms with van der Waals surface area (Å²) in [6.07, 6.45) is 0.935. The predicted octanol–water partition coefficient (Wildman–Crippen LogP) is 1.77. The van der Waals surface area contributed by atoms with Gasteiger partial charge in [0.05, 0.1) is 6.54 Å². The van der Waals surface area contributed by atoms with E-state index in [0.29, 0.717) is 0 Å². The summed E-state index contributed by atoms with van der Waals surface area (Å²) in [4.78, 5) is 0. The summed E-state index contributed by atoms with van der Waals surface area (Å²) >= 11 is 0. The molecule has 1 N–H and O–H groups in total. The fourth-order valence-corrected chi connectivity index (χ4v) is 1.52. The molecule has 5 nitrogen and oxygen atoms in total. The average Bonchev–Trinajstić information content (AvgIpc) is 2.76. The summed E-state index contributed by atoms with van der Waals surface area (Å²) in [6, 6.07) is 10.3. The molecule has 17 heavy (non-hydrogen) atoms. The van der Waals surface area contributed by atoms with E-state index in [0.717, 1.165) is 25.5 Å². The lowest BCUT2D eigenvalue weighted by atomic mass is 10.1. The third-order valence-corrected chi connectivity index (χ3v) is 2.32. The Hall–Kier alpha value is -1.62. The molecule has 1 heterocycles. The van der Waals surface area contributed by atoms with E-state index < -0.39 is 0 Å². The van der Waals surface area contributed by atoms with Crippen molar-refractivity contribution in [3.8, 4) is 0 Å². The molecule has 0 fully saturated rings. The van der Waals surface area contributed by atoms with Crippen molar-refractivity contribution < 1.29 is 0 Å². The SMILES string of the molecule is CCNc1nnnn1CCc1ccccc1.Cl. The largest absolute Gasteiger partial charge is 0.353 e. The van der Waals surface area contributed by atoms with Crippen molar-refractivity contribution in [1.82, 2.24) is 20.2 Å². The van der Waals surface area contributed by atoms with Crippen LogP contribution in [0.4, 0.5) is 5.95 Å². The molecule has 0 unspecified atom stereocenters. The summed E-state index contributed by atoms with van der Waals surface area (Å²) in [5.41, 5.74) is 1.29. The zero-order valence-electron chi connectivity index (χ0n) is 9.71. The van der Waals surface area contributed by atoms with Gasteiger partial charge in [-0.1, -0.05) is 35.4 Å². The predicted molar refractivity (Wildman–Crippen MR) is 69.4 cm³/mol. The molecule has 0 atom stereocenters. The number of nitrogens with zero attached hydrogens (tertiary/aromatic N) is 4. The van der Waals surface area contributed by atoms with Crippen molar-refractivity contribution in [3.05, 3.63) is 35.9 Å². The number of nitrogens with one attached hydrogen (secondary N) is 1. The number of aromatic nitrogens is 4. The van der Waals surface area contributed by atoms with Crippen LogP contribution in [0.25, 0.3) is 0 Å². The molecule has 92 valence electrons. The molecule has 2 aromatic rings. The zero-order valence-corrected chi connectivity index (χ0v) is 10.5. The third-order valence-electron chi connectivity index (χ3n) is 2.32. The molecule has 1 aromatic carbocycles. The van der Waals surface area contributed by atoms with Crippen LogP contribution < -0.4 is 5.32 Å². The van der Waals surface area contributed by atoms with Gasteiger partial charge in [0, 0.05) is 6.54 Å². The minimum atomic E-state index is 0. The number of rotatable bonds is 5. The number of halogens is 1. The van der Waals surface area contributed by atoms with Gasteiger partial charge in [-0.25, -0.2) is 4.68 Å². The normalized spacial score (nSPS) is 9.71. The number of aryl methyl sites for hydroxylation is 2. The van der Waals surface area contributed by atoms with E-state index in [9.17, 15) is 0 Å². The molecular formula is C11H16ClN5. The molecule has 0 saturated carbocycles. The van der Waals surface area contributed by atoms with Gasteiger partial charge in [0.1, 0.15) is 0 Å². The summed E-state index contributed by atoms with van der Waals surface area (Å²) in [5.74, 6) is 0.735. The Morgan fingerprint density at radius 1 is 1.24 bits per heavy atom. The van der Waals surface area contributed by atoms with E-state index in [4.69, 9.17) is 0 Å². The van der Waals surface area contributed by atoms with E-state index in [1.807, 2.05) is 25.1 Å². The van der Waals surface area contributed by atoms with E-state index in [1.54, 1.807) is 4.68 Å². The van der Waals surface area contributed by atoms with Crippen molar-refractivity contribution in [2.24, 2.45) is 0 Å². The number of anilines is 1. The molecule has 0 saturated heterocycles. The summed E-state index contributed by atoms with van der Waals surface area (Å²) < 4.78 is 1.79. The Morgan fingerprint density at radius 3 is 2.71 bits per heavy atom. The second kappa shape index (κ2) is 6.85. The van der Waals surface area contributed by atoms with Gasteiger partial charge in [-0.3, -0.25) is 0 Å². The summed E-state index contributed by atoms with van der Waals surface area (Å²) in [7, 11) is 0. The standard InChI is InChI=1S/C11H15N5.ClH/c1-2-12-11-13-14-15-16(11)9-8-10-6-4-3-5-7-10;/h3-7H,2,8-9H2,1H3,(H,12,13,15);1H. The van der Waals surface area contributed by atoms with Crippen LogP contribution in [0.2, 0.25) is 0 Å². The molecule has 0 aliphatic heterocycles. The van der Waals surface area contributed by atoms with Crippen LogP contribution in [-0.2, 0) is 13.0 Å². The fourth-order valence-electron chi connectivity index (χ4n) is 1.52. The van der Waals surface area contributed by atoms with Gasteiger partial charge in [-0.15, -0.1) is 12.4 Å². The molecule has 1 aromatic heterocycles. The average molecular weight is 254 g/mol. The van der Waals surface area contributed by atoms with Crippen molar-refractivity contribution in [3.63, 3.8) is 0 Å². The quantitative estimate of drug-likeness (QED) is 0.882. The van der Waals surface area contributed by atoms with Gasteiger partial charge in [0.2, 0.25) is 5.95 Å². The maximum Gasteiger partial charge on any atom is 0.242 e. The topological polar surface area (TPSA) is 55.6 Å². The molecule has 2 rings (SSSR count). The molecule has 0 aliphatic carbocycles. The van der Waals surface area contributed by atoms with Crippen LogP contribution in [0.3, 0.4) is 0 Å². The van der Waals surface area contributed by atoms with Gasteiger partial charge in [0.25, 0.3) is 0 Å². The highest BCUT2D eigenvalue weighted by molar-refractivity contribution is 5.85. The van der Waals surface area contributed by atoms with Crippen molar-refractivity contribution in [2.45, 2.75) is 19.9 Å². The van der Waals surface area contributed by atoms with Crippen LogP contribution in [0.1, 0.15) is 12.5 Å².